The average Bonchev–Trinajstić information content (AvgIpc) is 3.41. The number of carbonyl (C=O) groups is 2. The highest BCUT2D eigenvalue weighted by Crippen LogP contribution is 2.30. The summed E-state index contributed by atoms with van der Waals surface area (Å²) in [6.07, 6.45) is 6.89. The van der Waals surface area contributed by atoms with Crippen molar-refractivity contribution < 1.29 is 14.3 Å². The van der Waals surface area contributed by atoms with Crippen LogP contribution in [-0.2, 0) is 11.3 Å². The number of aromatic nitrogens is 2. The quantitative estimate of drug-likeness (QED) is 0.369. The molecule has 0 aliphatic carbocycles. The molecule has 2 heterocycles. The second-order valence-electron chi connectivity index (χ2n) is 10.3. The first kappa shape index (κ1) is 27.8. The lowest BCUT2D eigenvalue weighted by Crippen LogP contribution is -2.35. The topological polar surface area (TPSA) is 75.6 Å². The number of rotatable bonds is 5. The molecule has 1 aliphatic rings. The molecule has 0 N–H and O–H groups in total. The number of benzene rings is 2. The minimum Gasteiger partial charge on any atom is -0.497 e. The van der Waals surface area contributed by atoms with E-state index in [1.54, 1.807) is 7.11 Å². The van der Waals surface area contributed by atoms with E-state index >= 15 is 0 Å². The molecule has 1 aromatic heterocycles. The third-order valence-electron chi connectivity index (χ3n) is 6.92. The van der Waals surface area contributed by atoms with Gasteiger partial charge in [-0.25, -0.2) is 0 Å². The fraction of sp³-hybridized carbons (Fsp3) is 0.467. The van der Waals surface area contributed by atoms with E-state index in [0.29, 0.717) is 36.6 Å². The monoisotopic (exact) mass is 534 g/mol. The molecule has 2 amide bonds. The lowest BCUT2D eigenvalue weighted by atomic mass is 10.1. The summed E-state index contributed by atoms with van der Waals surface area (Å²) in [6, 6.07) is 15.6. The maximum atomic E-state index is 14.0. The fourth-order valence-electron chi connectivity index (χ4n) is 4.90. The standard InChI is InChI=1S/C30H38N4O3S/c1-22(2)20-27(35)34-19-11-7-5-4-6-10-18-33(21-24-12-8-9-13-26(24)34)30(36)29-28(31-32-38-29)23-14-16-25(37-3)17-15-23/h8-9,12-17,22H,4-7,10-11,18-21H2,1-3H3. The van der Waals surface area contributed by atoms with Crippen LogP contribution in [0.15, 0.2) is 48.5 Å². The summed E-state index contributed by atoms with van der Waals surface area (Å²) in [4.78, 5) is 31.7. The van der Waals surface area contributed by atoms with Crippen molar-refractivity contribution in [3.8, 4) is 17.0 Å². The highest BCUT2D eigenvalue weighted by molar-refractivity contribution is 7.08. The summed E-state index contributed by atoms with van der Waals surface area (Å²) < 4.78 is 9.42. The first-order valence-electron chi connectivity index (χ1n) is 13.6. The number of anilines is 1. The van der Waals surface area contributed by atoms with Crippen molar-refractivity contribution in [1.82, 2.24) is 14.5 Å². The predicted molar refractivity (Wildman–Crippen MR) is 153 cm³/mol. The Labute approximate surface area is 230 Å². The van der Waals surface area contributed by atoms with Gasteiger partial charge in [0.25, 0.3) is 5.91 Å². The number of carbonyl (C=O) groups excluding carboxylic acids is 2. The third-order valence-corrected chi connectivity index (χ3v) is 7.63. The normalized spacial score (nSPS) is 15.3. The van der Waals surface area contributed by atoms with Gasteiger partial charge in [0.2, 0.25) is 5.91 Å². The van der Waals surface area contributed by atoms with Crippen LogP contribution >= 0.6 is 11.5 Å². The molecule has 0 unspecified atom stereocenters. The van der Waals surface area contributed by atoms with E-state index in [0.717, 1.165) is 72.6 Å². The molecule has 202 valence electrons. The molecule has 0 saturated carbocycles. The van der Waals surface area contributed by atoms with Gasteiger partial charge in [-0.05, 0) is 66.2 Å². The summed E-state index contributed by atoms with van der Waals surface area (Å²) in [7, 11) is 1.63. The molecule has 38 heavy (non-hydrogen) atoms. The van der Waals surface area contributed by atoms with Gasteiger partial charge in [0.05, 0.1) is 7.11 Å². The number of amides is 2. The lowest BCUT2D eigenvalue weighted by Gasteiger charge is -2.29. The van der Waals surface area contributed by atoms with Gasteiger partial charge in [-0.3, -0.25) is 9.59 Å². The van der Waals surface area contributed by atoms with Crippen molar-refractivity contribution in [3.05, 3.63) is 59.0 Å². The van der Waals surface area contributed by atoms with E-state index in [4.69, 9.17) is 4.74 Å². The van der Waals surface area contributed by atoms with Gasteiger partial charge in [-0.1, -0.05) is 62.2 Å². The van der Waals surface area contributed by atoms with E-state index in [9.17, 15) is 9.59 Å². The molecule has 0 atom stereocenters. The molecule has 0 fully saturated rings. The molecule has 3 aromatic rings. The van der Waals surface area contributed by atoms with Crippen molar-refractivity contribution in [3.63, 3.8) is 0 Å². The molecular weight excluding hydrogens is 496 g/mol. The van der Waals surface area contributed by atoms with Gasteiger partial charge in [0.1, 0.15) is 16.3 Å². The summed E-state index contributed by atoms with van der Waals surface area (Å²) in [5.41, 5.74) is 3.32. The van der Waals surface area contributed by atoms with Gasteiger partial charge in [-0.2, -0.15) is 0 Å². The Morgan fingerprint density at radius 3 is 2.34 bits per heavy atom. The maximum absolute atomic E-state index is 14.0. The van der Waals surface area contributed by atoms with Crippen molar-refractivity contribution in [2.75, 3.05) is 25.1 Å². The molecule has 1 aliphatic heterocycles. The highest BCUT2D eigenvalue weighted by atomic mass is 32.1. The Hall–Kier alpha value is -3.26. The Morgan fingerprint density at radius 1 is 0.947 bits per heavy atom. The number of hydrogen-bond donors (Lipinski definition) is 0. The van der Waals surface area contributed by atoms with Gasteiger partial charge < -0.3 is 14.5 Å². The molecule has 0 saturated heterocycles. The first-order chi connectivity index (χ1) is 18.5. The number of nitrogens with zero attached hydrogens (tertiary/aromatic N) is 4. The van der Waals surface area contributed by atoms with Crippen LogP contribution in [0.4, 0.5) is 5.69 Å². The molecule has 7 nitrogen and oxygen atoms in total. The molecular formula is C30H38N4O3S. The van der Waals surface area contributed by atoms with Crippen LogP contribution in [0, 0.1) is 5.92 Å². The van der Waals surface area contributed by atoms with Gasteiger partial charge in [0, 0.05) is 37.3 Å². The third kappa shape index (κ3) is 6.98. The largest absolute Gasteiger partial charge is 0.497 e. The number of hydrogen-bond acceptors (Lipinski definition) is 6. The van der Waals surface area contributed by atoms with Crippen LogP contribution in [-0.4, -0.2) is 46.5 Å². The van der Waals surface area contributed by atoms with Gasteiger partial charge in [0.15, 0.2) is 0 Å². The van der Waals surface area contributed by atoms with Gasteiger partial charge >= 0.3 is 0 Å². The maximum Gasteiger partial charge on any atom is 0.268 e. The average molecular weight is 535 g/mol. The van der Waals surface area contributed by atoms with E-state index in [1.807, 2.05) is 58.3 Å². The van der Waals surface area contributed by atoms with Crippen LogP contribution < -0.4 is 9.64 Å². The summed E-state index contributed by atoms with van der Waals surface area (Å²) in [5, 5.41) is 4.31. The van der Waals surface area contributed by atoms with E-state index < -0.39 is 0 Å². The van der Waals surface area contributed by atoms with E-state index in [2.05, 4.69) is 23.4 Å². The number of ether oxygens (including phenoxy) is 1. The molecule has 2 aromatic carbocycles. The zero-order valence-corrected chi connectivity index (χ0v) is 23.5. The van der Waals surface area contributed by atoms with Gasteiger partial charge in [-0.15, -0.1) is 5.10 Å². The lowest BCUT2D eigenvalue weighted by molar-refractivity contribution is -0.119. The SMILES string of the molecule is COc1ccc(-c2nnsc2C(=O)N2CCCCCCCCN(C(=O)CC(C)C)c3ccccc3C2)cc1. The van der Waals surface area contributed by atoms with E-state index in [1.165, 1.54) is 0 Å². The van der Waals surface area contributed by atoms with Crippen LogP contribution in [0.1, 0.15) is 74.0 Å². The Balaban J connectivity index is 1.66. The molecule has 0 spiro atoms. The van der Waals surface area contributed by atoms with E-state index in [-0.39, 0.29) is 17.7 Å². The second-order valence-corrected chi connectivity index (χ2v) is 11.1. The number of para-hydroxylation sites is 1. The van der Waals surface area contributed by atoms with Crippen LogP contribution in [0.3, 0.4) is 0 Å². The zero-order chi connectivity index (χ0) is 26.9. The van der Waals surface area contributed by atoms with Crippen molar-refractivity contribution in [2.45, 2.75) is 65.3 Å². The minimum absolute atomic E-state index is 0.0736. The molecule has 0 bridgehead atoms. The number of methoxy groups -OCH3 is 1. The second kappa shape index (κ2) is 13.5. The smallest absolute Gasteiger partial charge is 0.268 e. The number of fused-ring (bicyclic) bond motifs is 1. The van der Waals surface area contributed by atoms with Crippen molar-refractivity contribution in [1.29, 1.82) is 0 Å². The summed E-state index contributed by atoms with van der Waals surface area (Å²) >= 11 is 1.13. The van der Waals surface area contributed by atoms with Crippen molar-refractivity contribution in [2.24, 2.45) is 5.92 Å². The zero-order valence-electron chi connectivity index (χ0n) is 22.7. The minimum atomic E-state index is -0.0736. The molecule has 8 heteroatoms. The Morgan fingerprint density at radius 2 is 1.63 bits per heavy atom. The highest BCUT2D eigenvalue weighted by Gasteiger charge is 2.26. The summed E-state index contributed by atoms with van der Waals surface area (Å²) in [5.74, 6) is 1.11. The first-order valence-corrected chi connectivity index (χ1v) is 14.4. The predicted octanol–water partition coefficient (Wildman–Crippen LogP) is 6.59. The molecule has 4 rings (SSSR count). The van der Waals surface area contributed by atoms with Crippen LogP contribution in [0.5, 0.6) is 5.75 Å². The fourth-order valence-corrected chi connectivity index (χ4v) is 5.55. The molecule has 0 radical (unpaired) electrons. The Kier molecular flexibility index (Phi) is 9.87. The Bertz CT molecular complexity index is 1210. The summed E-state index contributed by atoms with van der Waals surface area (Å²) in [6.45, 7) is 5.94. The van der Waals surface area contributed by atoms with Crippen molar-refractivity contribution >= 4 is 29.0 Å². The van der Waals surface area contributed by atoms with Crippen LogP contribution in [0.2, 0.25) is 0 Å². The van der Waals surface area contributed by atoms with Crippen LogP contribution in [0.25, 0.3) is 11.3 Å².